The minimum atomic E-state index is 0.0673. The lowest BCUT2D eigenvalue weighted by Crippen LogP contribution is -1.92. The summed E-state index contributed by atoms with van der Waals surface area (Å²) in [5, 5.41) is 12.1. The van der Waals surface area contributed by atoms with E-state index in [4.69, 9.17) is 5.11 Å². The highest BCUT2D eigenvalue weighted by Crippen LogP contribution is 2.22. The van der Waals surface area contributed by atoms with Crippen LogP contribution >= 0.6 is 0 Å². The number of nitrogens with one attached hydrogen (secondary N) is 1. The molecule has 0 saturated carbocycles. The van der Waals surface area contributed by atoms with Crippen molar-refractivity contribution in [3.05, 3.63) is 48.2 Å². The molecule has 19 heavy (non-hydrogen) atoms. The molecule has 0 fully saturated rings. The van der Waals surface area contributed by atoms with Gasteiger partial charge >= 0.3 is 0 Å². The Kier molecular flexibility index (Phi) is 6.61. The number of benzene rings is 1. The molecule has 0 aliphatic heterocycles. The lowest BCUT2D eigenvalue weighted by atomic mass is 10.0. The highest BCUT2D eigenvalue weighted by atomic mass is 16.3. The number of hydrogen-bond acceptors (Lipinski definition) is 3. The second-order valence-corrected chi connectivity index (χ2v) is 4.25. The molecule has 3 nitrogen and oxygen atoms in total. The third-order valence-electron chi connectivity index (χ3n) is 2.46. The van der Waals surface area contributed by atoms with Gasteiger partial charge in [0.15, 0.2) is 0 Å². The normalized spacial score (nSPS) is 9.47. The van der Waals surface area contributed by atoms with Crippen LogP contribution in [0.25, 0.3) is 11.1 Å². The van der Waals surface area contributed by atoms with E-state index in [-0.39, 0.29) is 6.61 Å². The van der Waals surface area contributed by atoms with E-state index in [9.17, 15) is 0 Å². The monoisotopic (exact) mass is 258 g/mol. The molecule has 0 aliphatic carbocycles. The molecule has 102 valence electrons. The second kappa shape index (κ2) is 8.27. The molecule has 0 aliphatic rings. The summed E-state index contributed by atoms with van der Waals surface area (Å²) in [5.41, 5.74) is 3.10. The number of hydrogen-bond donors (Lipinski definition) is 2. The summed E-state index contributed by atoms with van der Waals surface area (Å²) in [5.74, 6) is 0.840. The predicted octanol–water partition coefficient (Wildman–Crippen LogP) is 3.70. The van der Waals surface area contributed by atoms with Gasteiger partial charge in [-0.05, 0) is 34.9 Å². The smallest absolute Gasteiger partial charge is 0.126 e. The number of aliphatic hydroxyl groups is 1. The van der Waals surface area contributed by atoms with Crippen LogP contribution in [0.1, 0.15) is 25.8 Å². The second-order valence-electron chi connectivity index (χ2n) is 4.25. The van der Waals surface area contributed by atoms with Crippen molar-refractivity contribution in [2.45, 2.75) is 26.9 Å². The van der Waals surface area contributed by atoms with Crippen molar-refractivity contribution in [2.75, 3.05) is 12.4 Å². The summed E-state index contributed by atoms with van der Waals surface area (Å²) in [7, 11) is 1.84. The Balaban J connectivity index is 0.000000550. The first-order valence-electron chi connectivity index (χ1n) is 6.59. The van der Waals surface area contributed by atoms with E-state index in [1.165, 1.54) is 6.42 Å². The molecule has 1 aromatic heterocycles. The average molecular weight is 258 g/mol. The van der Waals surface area contributed by atoms with Crippen molar-refractivity contribution in [1.29, 1.82) is 0 Å². The van der Waals surface area contributed by atoms with Crippen molar-refractivity contribution >= 4 is 5.82 Å². The van der Waals surface area contributed by atoms with E-state index in [1.807, 2.05) is 43.4 Å². The fourth-order valence-electron chi connectivity index (χ4n) is 1.60. The largest absolute Gasteiger partial charge is 0.392 e. The molecule has 0 atom stereocenters. The number of anilines is 1. The lowest BCUT2D eigenvalue weighted by Gasteiger charge is -2.05. The first kappa shape index (κ1) is 15.2. The van der Waals surface area contributed by atoms with Gasteiger partial charge in [0.2, 0.25) is 0 Å². The van der Waals surface area contributed by atoms with E-state index in [2.05, 4.69) is 24.1 Å². The fourth-order valence-corrected chi connectivity index (χ4v) is 1.60. The standard InChI is InChI=1S/C13H14N2O.C3H8/c1-14-13-8-12(5-6-15-13)11-4-2-3-10(7-11)9-16;1-3-2/h2-8,16H,9H2,1H3,(H,14,15);3H2,1-2H3. The first-order valence-corrected chi connectivity index (χ1v) is 6.59. The molecule has 0 amide bonds. The fraction of sp³-hybridized carbons (Fsp3) is 0.312. The Morgan fingerprint density at radius 3 is 2.42 bits per heavy atom. The molecule has 1 heterocycles. The Bertz CT molecular complexity index is 452. The van der Waals surface area contributed by atoms with Crippen LogP contribution in [-0.4, -0.2) is 17.1 Å². The molecule has 0 unspecified atom stereocenters. The summed E-state index contributed by atoms with van der Waals surface area (Å²) in [6.45, 7) is 4.32. The van der Waals surface area contributed by atoms with Crippen LogP contribution in [0.15, 0.2) is 42.6 Å². The molecule has 3 heteroatoms. The minimum absolute atomic E-state index is 0.0673. The molecule has 0 bridgehead atoms. The maximum Gasteiger partial charge on any atom is 0.126 e. The topological polar surface area (TPSA) is 45.1 Å². The van der Waals surface area contributed by atoms with Gasteiger partial charge in [-0.2, -0.15) is 0 Å². The maximum absolute atomic E-state index is 9.09. The predicted molar refractivity (Wildman–Crippen MR) is 81.1 cm³/mol. The highest BCUT2D eigenvalue weighted by Gasteiger charge is 2.00. The summed E-state index contributed by atoms with van der Waals surface area (Å²) in [4.78, 5) is 4.17. The van der Waals surface area contributed by atoms with Crippen LogP contribution < -0.4 is 5.32 Å². The van der Waals surface area contributed by atoms with Crippen molar-refractivity contribution in [1.82, 2.24) is 4.98 Å². The van der Waals surface area contributed by atoms with Crippen LogP contribution in [0.4, 0.5) is 5.82 Å². The van der Waals surface area contributed by atoms with E-state index in [0.29, 0.717) is 0 Å². The van der Waals surface area contributed by atoms with Crippen LogP contribution in [0.5, 0.6) is 0 Å². The zero-order valence-electron chi connectivity index (χ0n) is 11.9. The molecule has 0 saturated heterocycles. The van der Waals surface area contributed by atoms with Gasteiger partial charge in [-0.15, -0.1) is 0 Å². The van der Waals surface area contributed by atoms with Gasteiger partial charge in [-0.1, -0.05) is 38.5 Å². The van der Waals surface area contributed by atoms with Crippen molar-refractivity contribution < 1.29 is 5.11 Å². The Morgan fingerprint density at radius 1 is 1.11 bits per heavy atom. The molecular weight excluding hydrogens is 236 g/mol. The molecule has 2 N–H and O–H groups in total. The highest BCUT2D eigenvalue weighted by molar-refractivity contribution is 5.66. The van der Waals surface area contributed by atoms with E-state index in [1.54, 1.807) is 6.20 Å². The average Bonchev–Trinajstić information content (AvgIpc) is 2.48. The maximum atomic E-state index is 9.09. The van der Waals surface area contributed by atoms with E-state index < -0.39 is 0 Å². The summed E-state index contributed by atoms with van der Waals surface area (Å²) >= 11 is 0. The molecule has 2 aromatic rings. The summed E-state index contributed by atoms with van der Waals surface area (Å²) in [6, 6.07) is 11.8. The Hall–Kier alpha value is -1.87. The zero-order chi connectivity index (χ0) is 14.1. The van der Waals surface area contributed by atoms with Gasteiger partial charge in [-0.3, -0.25) is 0 Å². The first-order chi connectivity index (χ1) is 9.24. The van der Waals surface area contributed by atoms with Gasteiger partial charge in [0.25, 0.3) is 0 Å². The van der Waals surface area contributed by atoms with Crippen LogP contribution in [0.3, 0.4) is 0 Å². The molecule has 2 rings (SSSR count). The Morgan fingerprint density at radius 2 is 1.79 bits per heavy atom. The van der Waals surface area contributed by atoms with Crippen molar-refractivity contribution in [3.63, 3.8) is 0 Å². The number of rotatable bonds is 3. The van der Waals surface area contributed by atoms with Crippen LogP contribution in [0.2, 0.25) is 0 Å². The zero-order valence-corrected chi connectivity index (χ0v) is 11.9. The van der Waals surface area contributed by atoms with E-state index in [0.717, 1.165) is 22.5 Å². The SMILES string of the molecule is CCC.CNc1cc(-c2cccc(CO)c2)ccn1. The van der Waals surface area contributed by atoms with Gasteiger partial charge in [0, 0.05) is 13.2 Å². The Labute approximate surface area is 115 Å². The van der Waals surface area contributed by atoms with Crippen molar-refractivity contribution in [2.24, 2.45) is 0 Å². The number of aliphatic hydroxyl groups excluding tert-OH is 1. The van der Waals surface area contributed by atoms with Gasteiger partial charge in [0.05, 0.1) is 6.61 Å². The summed E-state index contributed by atoms with van der Waals surface area (Å²) < 4.78 is 0. The third kappa shape index (κ3) is 4.72. The van der Waals surface area contributed by atoms with Gasteiger partial charge < -0.3 is 10.4 Å². The van der Waals surface area contributed by atoms with Crippen LogP contribution in [0, 0.1) is 0 Å². The number of aromatic nitrogens is 1. The summed E-state index contributed by atoms with van der Waals surface area (Å²) in [6.07, 6.45) is 3.02. The number of pyridine rings is 1. The minimum Gasteiger partial charge on any atom is -0.392 e. The van der Waals surface area contributed by atoms with Gasteiger partial charge in [0.1, 0.15) is 5.82 Å². The molecule has 0 spiro atoms. The van der Waals surface area contributed by atoms with E-state index >= 15 is 0 Å². The van der Waals surface area contributed by atoms with Crippen LogP contribution in [-0.2, 0) is 6.61 Å². The molecule has 1 aromatic carbocycles. The lowest BCUT2D eigenvalue weighted by molar-refractivity contribution is 0.282. The van der Waals surface area contributed by atoms with Gasteiger partial charge in [-0.25, -0.2) is 4.98 Å². The molecule has 0 radical (unpaired) electrons. The van der Waals surface area contributed by atoms with Crippen molar-refractivity contribution in [3.8, 4) is 11.1 Å². The third-order valence-corrected chi connectivity index (χ3v) is 2.46. The quantitative estimate of drug-likeness (QED) is 0.882. The number of nitrogens with zero attached hydrogens (tertiary/aromatic N) is 1. The molecular formula is C16H22N2O.